The number of Topliss-reactive ketones (excluding diaryl/α,β-unsaturated/α-hetero) is 1. The molecule has 35 heavy (non-hydrogen) atoms. The topological polar surface area (TPSA) is 104 Å². The molecule has 11 heteroatoms. The minimum Gasteiger partial charge on any atom is -0.454 e. The number of sulfonamides is 1. The molecule has 0 saturated carbocycles. The standard InChI is InChI=1S/C24H23N3O6S2/c1-14-9-18(15(2)27(14)16-5-7-22-23(10-16)32-13-31-22)20(28)12-34-24-25-19-11-17(6-8-21(19)33-24)35(29,30)26(3)4/h5-11H,12-13H2,1-4H3. The molecule has 1 aliphatic heterocycles. The molecule has 0 amide bonds. The van der Waals surface area contributed by atoms with Gasteiger partial charge in [0.25, 0.3) is 5.22 Å². The molecular weight excluding hydrogens is 490 g/mol. The average Bonchev–Trinajstić information content (AvgIpc) is 3.52. The lowest BCUT2D eigenvalue weighted by Crippen LogP contribution is -2.22. The number of fused-ring (bicyclic) bond motifs is 2. The Labute approximate surface area is 206 Å². The van der Waals surface area contributed by atoms with Crippen LogP contribution in [0.3, 0.4) is 0 Å². The van der Waals surface area contributed by atoms with Crippen molar-refractivity contribution in [3.63, 3.8) is 0 Å². The first-order chi connectivity index (χ1) is 16.6. The van der Waals surface area contributed by atoms with Crippen LogP contribution in [0.5, 0.6) is 11.5 Å². The summed E-state index contributed by atoms with van der Waals surface area (Å²) in [6.45, 7) is 4.05. The van der Waals surface area contributed by atoms with Crippen molar-refractivity contribution in [2.24, 2.45) is 0 Å². The fourth-order valence-electron chi connectivity index (χ4n) is 3.99. The molecule has 0 spiro atoms. The Morgan fingerprint density at radius 1 is 1.09 bits per heavy atom. The second kappa shape index (κ2) is 8.74. The maximum absolute atomic E-state index is 13.1. The third kappa shape index (κ3) is 4.19. The number of hydrogen-bond acceptors (Lipinski definition) is 8. The molecule has 2 aromatic carbocycles. The third-order valence-electron chi connectivity index (χ3n) is 5.79. The van der Waals surface area contributed by atoms with Gasteiger partial charge in [-0.15, -0.1) is 0 Å². The van der Waals surface area contributed by atoms with Gasteiger partial charge in [-0.05, 0) is 50.2 Å². The van der Waals surface area contributed by atoms with Crippen LogP contribution in [0.1, 0.15) is 21.7 Å². The first kappa shape index (κ1) is 23.5. The maximum Gasteiger partial charge on any atom is 0.257 e. The molecule has 2 aromatic heterocycles. The first-order valence-corrected chi connectivity index (χ1v) is 13.2. The summed E-state index contributed by atoms with van der Waals surface area (Å²) in [6.07, 6.45) is 0. The highest BCUT2D eigenvalue weighted by Gasteiger charge is 2.22. The summed E-state index contributed by atoms with van der Waals surface area (Å²) in [5.74, 6) is 1.44. The third-order valence-corrected chi connectivity index (χ3v) is 8.43. The highest BCUT2D eigenvalue weighted by molar-refractivity contribution is 7.99. The van der Waals surface area contributed by atoms with Gasteiger partial charge in [-0.25, -0.2) is 17.7 Å². The van der Waals surface area contributed by atoms with Gasteiger partial charge in [0.1, 0.15) is 5.52 Å². The minimum absolute atomic E-state index is 0.0618. The van der Waals surface area contributed by atoms with Gasteiger partial charge in [-0.3, -0.25) is 4.79 Å². The van der Waals surface area contributed by atoms with E-state index in [9.17, 15) is 13.2 Å². The van der Waals surface area contributed by atoms with Gasteiger partial charge in [0.05, 0.1) is 10.6 Å². The smallest absolute Gasteiger partial charge is 0.257 e. The van der Waals surface area contributed by atoms with Crippen LogP contribution in [0.4, 0.5) is 0 Å². The zero-order valence-corrected chi connectivity index (χ0v) is 21.2. The van der Waals surface area contributed by atoms with Crippen molar-refractivity contribution in [3.05, 3.63) is 59.4 Å². The molecule has 0 bridgehead atoms. The predicted molar refractivity (Wildman–Crippen MR) is 131 cm³/mol. The van der Waals surface area contributed by atoms with Gasteiger partial charge < -0.3 is 18.5 Å². The number of aryl methyl sites for hydroxylation is 1. The number of hydrogen-bond donors (Lipinski definition) is 0. The van der Waals surface area contributed by atoms with Gasteiger partial charge in [0.15, 0.2) is 22.9 Å². The van der Waals surface area contributed by atoms with Crippen LogP contribution in [-0.4, -0.2) is 54.7 Å². The number of ether oxygens (including phenoxy) is 2. The molecule has 0 fully saturated rings. The fraction of sp³-hybridized carbons (Fsp3) is 0.250. The first-order valence-electron chi connectivity index (χ1n) is 10.7. The van der Waals surface area contributed by atoms with Crippen molar-refractivity contribution >= 4 is 38.7 Å². The summed E-state index contributed by atoms with van der Waals surface area (Å²) in [5, 5.41) is 0.303. The van der Waals surface area contributed by atoms with Crippen LogP contribution in [0, 0.1) is 13.8 Å². The van der Waals surface area contributed by atoms with E-state index in [1.54, 1.807) is 6.07 Å². The van der Waals surface area contributed by atoms with E-state index >= 15 is 0 Å². The zero-order chi connectivity index (χ0) is 24.9. The molecule has 182 valence electrons. The molecule has 0 atom stereocenters. The van der Waals surface area contributed by atoms with Gasteiger partial charge in [-0.2, -0.15) is 0 Å². The Bertz CT molecular complexity index is 1570. The normalized spacial score (nSPS) is 13.2. The number of aromatic nitrogens is 2. The number of thioether (sulfide) groups is 1. The molecule has 0 N–H and O–H groups in total. The monoisotopic (exact) mass is 513 g/mol. The number of oxazole rings is 1. The van der Waals surface area contributed by atoms with Crippen LogP contribution >= 0.6 is 11.8 Å². The molecule has 0 saturated heterocycles. The summed E-state index contributed by atoms with van der Waals surface area (Å²) in [4.78, 5) is 17.6. The number of nitrogens with zero attached hydrogens (tertiary/aromatic N) is 3. The number of ketones is 1. The largest absolute Gasteiger partial charge is 0.454 e. The molecule has 9 nitrogen and oxygen atoms in total. The van der Waals surface area contributed by atoms with Crippen LogP contribution in [0.2, 0.25) is 0 Å². The van der Waals surface area contributed by atoms with Crippen LogP contribution in [-0.2, 0) is 10.0 Å². The summed E-state index contributed by atoms with van der Waals surface area (Å²) >= 11 is 1.17. The lowest BCUT2D eigenvalue weighted by molar-refractivity contribution is 0.102. The molecule has 3 heterocycles. The second-order valence-electron chi connectivity index (χ2n) is 8.27. The highest BCUT2D eigenvalue weighted by Crippen LogP contribution is 2.35. The summed E-state index contributed by atoms with van der Waals surface area (Å²) in [5.41, 5.74) is 4.12. The van der Waals surface area contributed by atoms with Crippen molar-refractivity contribution in [1.29, 1.82) is 0 Å². The molecule has 1 aliphatic rings. The second-order valence-corrected chi connectivity index (χ2v) is 11.3. The van der Waals surface area contributed by atoms with Crippen molar-refractivity contribution in [2.45, 2.75) is 24.0 Å². The predicted octanol–water partition coefficient (Wildman–Crippen LogP) is 4.19. The molecule has 4 aromatic rings. The van der Waals surface area contributed by atoms with E-state index in [-0.39, 0.29) is 23.2 Å². The maximum atomic E-state index is 13.1. The van der Waals surface area contributed by atoms with E-state index in [0.29, 0.717) is 33.4 Å². The Morgan fingerprint density at radius 3 is 2.63 bits per heavy atom. The van der Waals surface area contributed by atoms with E-state index in [4.69, 9.17) is 13.9 Å². The molecule has 0 aliphatic carbocycles. The zero-order valence-electron chi connectivity index (χ0n) is 19.6. The Balaban J connectivity index is 1.35. The van der Waals surface area contributed by atoms with Crippen molar-refractivity contribution in [2.75, 3.05) is 26.6 Å². The van der Waals surface area contributed by atoms with Gasteiger partial charge in [0.2, 0.25) is 16.8 Å². The van der Waals surface area contributed by atoms with E-state index < -0.39 is 10.0 Å². The lowest BCUT2D eigenvalue weighted by Gasteiger charge is -2.10. The lowest BCUT2D eigenvalue weighted by atomic mass is 10.2. The molecular formula is C24H23N3O6S2. The SMILES string of the molecule is Cc1cc(C(=O)CSc2nc3cc(S(=O)(=O)N(C)C)ccc3o2)c(C)n1-c1ccc2c(c1)OCO2. The Kier molecular flexibility index (Phi) is 5.86. The van der Waals surface area contributed by atoms with Crippen molar-refractivity contribution in [3.8, 4) is 17.2 Å². The Hall–Kier alpha value is -3.28. The minimum atomic E-state index is -3.58. The van der Waals surface area contributed by atoms with Gasteiger partial charge in [0, 0.05) is 42.8 Å². The summed E-state index contributed by atoms with van der Waals surface area (Å²) in [7, 11) is -0.638. The van der Waals surface area contributed by atoms with Crippen LogP contribution < -0.4 is 9.47 Å². The average molecular weight is 514 g/mol. The molecule has 0 radical (unpaired) electrons. The van der Waals surface area contributed by atoms with Crippen molar-refractivity contribution < 1.29 is 27.1 Å². The molecule has 0 unspecified atom stereocenters. The van der Waals surface area contributed by atoms with Crippen molar-refractivity contribution in [1.82, 2.24) is 13.9 Å². The number of carbonyl (C=O) groups is 1. The quantitative estimate of drug-likeness (QED) is 0.268. The van der Waals surface area contributed by atoms with E-state index in [1.165, 1.54) is 38.0 Å². The number of carbonyl (C=O) groups excluding carboxylic acids is 1. The summed E-state index contributed by atoms with van der Waals surface area (Å²) in [6, 6.07) is 12.1. The Morgan fingerprint density at radius 2 is 1.86 bits per heavy atom. The van der Waals surface area contributed by atoms with Gasteiger partial charge >= 0.3 is 0 Å². The van der Waals surface area contributed by atoms with E-state index in [1.807, 2.05) is 42.7 Å². The number of benzene rings is 2. The fourth-order valence-corrected chi connectivity index (χ4v) is 5.63. The summed E-state index contributed by atoms with van der Waals surface area (Å²) < 4.78 is 44.5. The molecule has 5 rings (SSSR count). The van der Waals surface area contributed by atoms with Crippen LogP contribution in [0.25, 0.3) is 16.8 Å². The van der Waals surface area contributed by atoms with Gasteiger partial charge in [-0.1, -0.05) is 11.8 Å². The number of rotatable bonds is 7. The highest BCUT2D eigenvalue weighted by atomic mass is 32.2. The van der Waals surface area contributed by atoms with Crippen LogP contribution in [0.15, 0.2) is 57.0 Å². The van der Waals surface area contributed by atoms with E-state index in [0.717, 1.165) is 21.4 Å². The van der Waals surface area contributed by atoms with E-state index in [2.05, 4.69) is 4.98 Å².